The fourth-order valence-electron chi connectivity index (χ4n) is 2.28. The van der Waals surface area contributed by atoms with Crippen LogP contribution in [0.5, 0.6) is 0 Å². The number of hydrogen-bond acceptors (Lipinski definition) is 6. The van der Waals surface area contributed by atoms with Gasteiger partial charge in [0, 0.05) is 31.4 Å². The van der Waals surface area contributed by atoms with Crippen molar-refractivity contribution in [3.63, 3.8) is 0 Å². The Morgan fingerprint density at radius 1 is 1.47 bits per heavy atom. The third kappa shape index (κ3) is 3.63. The zero-order valence-corrected chi connectivity index (χ0v) is 12.4. The Morgan fingerprint density at radius 2 is 2.21 bits per heavy atom. The van der Waals surface area contributed by atoms with Crippen molar-refractivity contribution in [3.8, 4) is 0 Å². The first-order valence-electron chi connectivity index (χ1n) is 6.36. The molecule has 1 fully saturated rings. The second kappa shape index (κ2) is 5.42. The summed E-state index contributed by atoms with van der Waals surface area (Å²) in [4.78, 5) is 10.9. The quantitative estimate of drug-likeness (QED) is 0.868. The molecule has 1 N–H and O–H groups in total. The van der Waals surface area contributed by atoms with E-state index in [1.165, 1.54) is 0 Å². The minimum atomic E-state index is -2.87. The Hall–Kier alpha value is -1.21. The van der Waals surface area contributed by atoms with Crippen LogP contribution >= 0.6 is 0 Å². The van der Waals surface area contributed by atoms with Crippen LogP contribution in [-0.4, -0.2) is 54.4 Å². The van der Waals surface area contributed by atoms with Crippen LogP contribution in [0.4, 0.5) is 5.82 Å². The van der Waals surface area contributed by atoms with Gasteiger partial charge in [0.1, 0.15) is 11.6 Å². The molecule has 2 rings (SSSR count). The van der Waals surface area contributed by atoms with Crippen LogP contribution < -0.4 is 5.32 Å². The van der Waals surface area contributed by atoms with Gasteiger partial charge < -0.3 is 5.32 Å². The second-order valence-electron chi connectivity index (χ2n) is 4.99. The predicted molar refractivity (Wildman–Crippen MR) is 74.8 cm³/mol. The lowest BCUT2D eigenvalue weighted by molar-refractivity contribution is 0.212. The van der Waals surface area contributed by atoms with Crippen LogP contribution in [0.25, 0.3) is 0 Å². The molecule has 0 bridgehead atoms. The van der Waals surface area contributed by atoms with Crippen molar-refractivity contribution in [3.05, 3.63) is 17.6 Å². The number of nitrogens with one attached hydrogen (secondary N) is 1. The number of nitrogens with zero attached hydrogens (tertiary/aromatic N) is 3. The summed E-state index contributed by atoms with van der Waals surface area (Å²) in [5.74, 6) is 1.97. The highest BCUT2D eigenvalue weighted by Gasteiger charge is 2.28. The number of rotatable bonds is 3. The van der Waals surface area contributed by atoms with Gasteiger partial charge >= 0.3 is 0 Å². The molecule has 0 amide bonds. The molecule has 19 heavy (non-hydrogen) atoms. The monoisotopic (exact) mass is 284 g/mol. The van der Waals surface area contributed by atoms with Gasteiger partial charge in [-0.3, -0.25) is 4.90 Å². The first-order chi connectivity index (χ1) is 8.89. The van der Waals surface area contributed by atoms with Crippen molar-refractivity contribution in [2.75, 3.05) is 30.4 Å². The maximum absolute atomic E-state index is 11.5. The number of sulfone groups is 1. The van der Waals surface area contributed by atoms with Crippen LogP contribution in [0.1, 0.15) is 18.4 Å². The summed E-state index contributed by atoms with van der Waals surface area (Å²) in [6.45, 7) is 5.00. The van der Waals surface area contributed by atoms with Crippen LogP contribution in [0.2, 0.25) is 0 Å². The largest absolute Gasteiger partial charge is 0.373 e. The SMILES string of the molecule is CNc1cc(C)nc(CN2CCS(=O)(=O)CC2C)n1. The van der Waals surface area contributed by atoms with Gasteiger partial charge in [0.15, 0.2) is 9.84 Å². The molecule has 0 radical (unpaired) electrons. The van der Waals surface area contributed by atoms with E-state index in [4.69, 9.17) is 0 Å². The summed E-state index contributed by atoms with van der Waals surface area (Å²) in [6.07, 6.45) is 0. The maximum atomic E-state index is 11.5. The topological polar surface area (TPSA) is 75.2 Å². The van der Waals surface area contributed by atoms with Gasteiger partial charge in [-0.1, -0.05) is 0 Å². The van der Waals surface area contributed by atoms with E-state index in [1.807, 2.05) is 27.0 Å². The molecule has 0 aromatic carbocycles. The third-order valence-electron chi connectivity index (χ3n) is 3.31. The minimum Gasteiger partial charge on any atom is -0.373 e. The lowest BCUT2D eigenvalue weighted by Crippen LogP contribution is -2.46. The molecule has 1 aliphatic rings. The Balaban J connectivity index is 2.11. The standard InChI is InChI=1S/C12H20N4O2S/c1-9-6-11(13-3)15-12(14-9)7-16-4-5-19(17,18)8-10(16)2/h6,10H,4-5,7-8H2,1-3H3,(H,13,14,15). The number of aromatic nitrogens is 2. The zero-order valence-electron chi connectivity index (χ0n) is 11.5. The summed E-state index contributed by atoms with van der Waals surface area (Å²) in [6, 6.07) is 1.90. The summed E-state index contributed by atoms with van der Waals surface area (Å²) in [5, 5.41) is 3.00. The molecule has 1 unspecified atom stereocenters. The summed E-state index contributed by atoms with van der Waals surface area (Å²) in [5.41, 5.74) is 0.909. The van der Waals surface area contributed by atoms with Gasteiger partial charge in [-0.15, -0.1) is 0 Å². The van der Waals surface area contributed by atoms with Crippen LogP contribution in [0.3, 0.4) is 0 Å². The molecular weight excluding hydrogens is 264 g/mol. The normalized spacial score (nSPS) is 23.2. The molecule has 1 saturated heterocycles. The summed E-state index contributed by atoms with van der Waals surface area (Å²) < 4.78 is 23.1. The van der Waals surface area contributed by atoms with Gasteiger partial charge in [-0.05, 0) is 13.8 Å². The number of anilines is 1. The van der Waals surface area contributed by atoms with Gasteiger partial charge in [0.2, 0.25) is 0 Å². The first-order valence-corrected chi connectivity index (χ1v) is 8.18. The maximum Gasteiger partial charge on any atom is 0.153 e. The smallest absolute Gasteiger partial charge is 0.153 e. The molecule has 0 saturated carbocycles. The van der Waals surface area contributed by atoms with Crippen LogP contribution in [-0.2, 0) is 16.4 Å². The van der Waals surface area contributed by atoms with E-state index in [1.54, 1.807) is 0 Å². The van der Waals surface area contributed by atoms with Crippen molar-refractivity contribution < 1.29 is 8.42 Å². The molecular formula is C12H20N4O2S. The molecule has 1 aromatic rings. The van der Waals surface area contributed by atoms with E-state index >= 15 is 0 Å². The highest BCUT2D eigenvalue weighted by atomic mass is 32.2. The highest BCUT2D eigenvalue weighted by molar-refractivity contribution is 7.91. The van der Waals surface area contributed by atoms with E-state index in [-0.39, 0.29) is 17.5 Å². The number of hydrogen-bond donors (Lipinski definition) is 1. The lowest BCUT2D eigenvalue weighted by Gasteiger charge is -2.32. The van der Waals surface area contributed by atoms with Gasteiger partial charge in [0.05, 0.1) is 18.1 Å². The first kappa shape index (κ1) is 14.2. The second-order valence-corrected chi connectivity index (χ2v) is 7.22. The van der Waals surface area contributed by atoms with Crippen LogP contribution in [0.15, 0.2) is 6.07 Å². The van der Waals surface area contributed by atoms with E-state index in [2.05, 4.69) is 20.2 Å². The van der Waals surface area contributed by atoms with E-state index in [0.29, 0.717) is 13.1 Å². The molecule has 1 atom stereocenters. The Kier molecular flexibility index (Phi) is 4.05. The van der Waals surface area contributed by atoms with E-state index < -0.39 is 9.84 Å². The number of aryl methyl sites for hydroxylation is 1. The summed E-state index contributed by atoms with van der Waals surface area (Å²) in [7, 11) is -1.05. The molecule has 6 nitrogen and oxygen atoms in total. The van der Waals surface area contributed by atoms with Crippen molar-refractivity contribution in [2.45, 2.75) is 26.4 Å². The Labute approximate surface area is 114 Å². The Morgan fingerprint density at radius 3 is 2.84 bits per heavy atom. The van der Waals surface area contributed by atoms with Crippen molar-refractivity contribution >= 4 is 15.7 Å². The summed E-state index contributed by atoms with van der Waals surface area (Å²) >= 11 is 0. The fraction of sp³-hybridized carbons (Fsp3) is 0.667. The van der Waals surface area contributed by atoms with Crippen molar-refractivity contribution in [1.29, 1.82) is 0 Å². The molecule has 0 aliphatic carbocycles. The molecule has 0 spiro atoms. The third-order valence-corrected chi connectivity index (χ3v) is 5.10. The van der Waals surface area contributed by atoms with Crippen molar-refractivity contribution in [1.82, 2.24) is 14.9 Å². The Bertz CT molecular complexity index is 559. The molecule has 7 heteroatoms. The van der Waals surface area contributed by atoms with Gasteiger partial charge in [-0.2, -0.15) is 0 Å². The van der Waals surface area contributed by atoms with E-state index in [9.17, 15) is 8.42 Å². The minimum absolute atomic E-state index is 0.0147. The highest BCUT2D eigenvalue weighted by Crippen LogP contribution is 2.15. The van der Waals surface area contributed by atoms with Crippen molar-refractivity contribution in [2.24, 2.45) is 0 Å². The molecule has 1 aromatic heterocycles. The van der Waals surface area contributed by atoms with Crippen LogP contribution in [0, 0.1) is 6.92 Å². The van der Waals surface area contributed by atoms with Gasteiger partial charge in [-0.25, -0.2) is 18.4 Å². The zero-order chi connectivity index (χ0) is 14.0. The predicted octanol–water partition coefficient (Wildman–Crippen LogP) is 0.446. The average molecular weight is 284 g/mol. The molecule has 106 valence electrons. The fourth-order valence-corrected chi connectivity index (χ4v) is 3.90. The average Bonchev–Trinajstić information content (AvgIpc) is 2.31. The van der Waals surface area contributed by atoms with E-state index in [0.717, 1.165) is 17.3 Å². The molecule has 2 heterocycles. The lowest BCUT2D eigenvalue weighted by atomic mass is 10.3. The van der Waals surface area contributed by atoms with Gasteiger partial charge in [0.25, 0.3) is 0 Å². The molecule has 1 aliphatic heterocycles.